The van der Waals surface area contributed by atoms with E-state index in [1.54, 1.807) is 45.2 Å². The van der Waals surface area contributed by atoms with Gasteiger partial charge in [-0.2, -0.15) is 0 Å². The highest BCUT2D eigenvalue weighted by Gasteiger charge is 2.34. The molecule has 0 bridgehead atoms. The molecule has 2 aromatic heterocycles. The smallest absolute Gasteiger partial charge is 0.338 e. The number of fused-ring (bicyclic) bond motifs is 1. The van der Waals surface area contributed by atoms with Crippen molar-refractivity contribution in [1.82, 2.24) is 4.57 Å². The van der Waals surface area contributed by atoms with Crippen LogP contribution in [0.2, 0.25) is 5.02 Å². The van der Waals surface area contributed by atoms with Gasteiger partial charge in [0.2, 0.25) is 0 Å². The third-order valence-electron chi connectivity index (χ3n) is 6.69. The molecule has 4 aromatic rings. The summed E-state index contributed by atoms with van der Waals surface area (Å²) in [6.07, 6.45) is 1.69. The molecule has 10 heteroatoms. The van der Waals surface area contributed by atoms with Crippen LogP contribution < -0.4 is 24.4 Å². The second kappa shape index (κ2) is 11.8. The van der Waals surface area contributed by atoms with Gasteiger partial charge in [-0.25, -0.2) is 9.79 Å². The molecule has 2 aromatic carbocycles. The molecule has 0 saturated heterocycles. The number of aromatic nitrogens is 1. The Kier molecular flexibility index (Phi) is 8.19. The fraction of sp³-hybridized carbons (Fsp3) is 0.258. The van der Waals surface area contributed by atoms with Gasteiger partial charge >= 0.3 is 5.97 Å². The quantitative estimate of drug-likeness (QED) is 0.253. The van der Waals surface area contributed by atoms with Gasteiger partial charge in [0, 0.05) is 16.7 Å². The first-order valence-electron chi connectivity index (χ1n) is 13.1. The molecule has 1 aliphatic heterocycles. The average Bonchev–Trinajstić information content (AvgIpc) is 3.53. The van der Waals surface area contributed by atoms with Gasteiger partial charge in [-0.1, -0.05) is 35.1 Å². The highest BCUT2D eigenvalue weighted by Crippen LogP contribution is 2.36. The number of rotatable bonds is 8. The van der Waals surface area contributed by atoms with Crippen LogP contribution in [0.15, 0.2) is 74.0 Å². The van der Waals surface area contributed by atoms with Crippen LogP contribution in [0, 0.1) is 6.92 Å². The van der Waals surface area contributed by atoms with Crippen molar-refractivity contribution in [3.63, 3.8) is 0 Å². The molecular formula is C31H29ClN2O6S. The molecule has 0 spiro atoms. The molecule has 0 saturated carbocycles. The molecule has 3 heterocycles. The molecule has 212 valence electrons. The first-order chi connectivity index (χ1) is 19.7. The first-order valence-corrected chi connectivity index (χ1v) is 14.3. The minimum absolute atomic E-state index is 0.187. The normalized spacial score (nSPS) is 15.0. The van der Waals surface area contributed by atoms with Crippen LogP contribution in [0.4, 0.5) is 0 Å². The number of furan rings is 1. The predicted octanol–water partition coefficient (Wildman–Crippen LogP) is 5.43. The summed E-state index contributed by atoms with van der Waals surface area (Å²) in [5.74, 6) is 1.67. The number of nitrogens with zero attached hydrogens (tertiary/aromatic N) is 2. The maximum absolute atomic E-state index is 13.9. The minimum Gasteiger partial charge on any atom is -0.493 e. The molecule has 5 rings (SSSR count). The van der Waals surface area contributed by atoms with Gasteiger partial charge in [0.1, 0.15) is 11.5 Å². The van der Waals surface area contributed by atoms with Gasteiger partial charge in [0.05, 0.1) is 42.2 Å². The summed E-state index contributed by atoms with van der Waals surface area (Å²) in [5, 5.41) is 0.607. The average molecular weight is 593 g/mol. The van der Waals surface area contributed by atoms with Crippen LogP contribution in [0.5, 0.6) is 11.5 Å². The lowest BCUT2D eigenvalue weighted by atomic mass is 9.95. The van der Waals surface area contributed by atoms with Crippen molar-refractivity contribution >= 4 is 35.0 Å². The van der Waals surface area contributed by atoms with E-state index in [1.807, 2.05) is 44.2 Å². The molecule has 0 amide bonds. The van der Waals surface area contributed by atoms with Crippen molar-refractivity contribution in [2.45, 2.75) is 33.7 Å². The van der Waals surface area contributed by atoms with Crippen molar-refractivity contribution in [3.8, 4) is 22.8 Å². The largest absolute Gasteiger partial charge is 0.493 e. The number of benzene rings is 2. The number of allylic oxidation sites excluding steroid dienone is 1. The van der Waals surface area contributed by atoms with E-state index in [2.05, 4.69) is 4.99 Å². The number of hydrogen-bond acceptors (Lipinski definition) is 8. The van der Waals surface area contributed by atoms with Gasteiger partial charge in [0.15, 0.2) is 16.3 Å². The Labute approximate surface area is 245 Å². The third kappa shape index (κ3) is 5.47. The zero-order chi connectivity index (χ0) is 29.3. The van der Waals surface area contributed by atoms with Gasteiger partial charge in [-0.05, 0) is 75.2 Å². The van der Waals surface area contributed by atoms with Gasteiger partial charge in [-0.15, -0.1) is 0 Å². The summed E-state index contributed by atoms with van der Waals surface area (Å²) in [5.41, 5.74) is 3.01. The molecular weight excluding hydrogens is 564 g/mol. The molecule has 8 nitrogen and oxygen atoms in total. The van der Waals surface area contributed by atoms with Gasteiger partial charge in [0.25, 0.3) is 5.56 Å². The van der Waals surface area contributed by atoms with Crippen molar-refractivity contribution in [2.24, 2.45) is 4.99 Å². The summed E-state index contributed by atoms with van der Waals surface area (Å²) < 4.78 is 24.7. The predicted molar refractivity (Wildman–Crippen MR) is 158 cm³/mol. The fourth-order valence-corrected chi connectivity index (χ4v) is 6.00. The van der Waals surface area contributed by atoms with Gasteiger partial charge in [-0.3, -0.25) is 9.36 Å². The van der Waals surface area contributed by atoms with Crippen molar-refractivity contribution in [1.29, 1.82) is 0 Å². The number of carbonyl (C=O) groups is 1. The lowest BCUT2D eigenvalue weighted by Gasteiger charge is -2.25. The van der Waals surface area contributed by atoms with E-state index in [4.69, 9.17) is 30.2 Å². The number of ether oxygens (including phenoxy) is 3. The standard InChI is InChI=1S/C31H29ClN2O6S/c1-6-38-25-14-19(9-12-24(25)37-5)28-27(30(36)39-7-2)18(4)33-31-34(28)29(35)26(41-31)16-21-11-13-23(40-21)22-15-20(32)10-8-17(22)3/h8-16,28H,6-7H2,1-5H3/b26-16-/t28-/m0/s1. The van der Waals surface area contributed by atoms with Crippen molar-refractivity contribution < 1.29 is 23.4 Å². The third-order valence-corrected chi connectivity index (χ3v) is 7.90. The van der Waals surface area contributed by atoms with Crippen LogP contribution in [-0.4, -0.2) is 30.9 Å². The van der Waals surface area contributed by atoms with Crippen LogP contribution in [-0.2, 0) is 9.53 Å². The second-order valence-corrected chi connectivity index (χ2v) is 10.8. The molecule has 0 fully saturated rings. The molecule has 0 aliphatic carbocycles. The molecule has 0 N–H and O–H groups in total. The summed E-state index contributed by atoms with van der Waals surface area (Å²) >= 11 is 7.43. The summed E-state index contributed by atoms with van der Waals surface area (Å²) in [6.45, 7) is 7.94. The number of halogens is 1. The molecule has 1 atom stereocenters. The van der Waals surface area contributed by atoms with E-state index in [9.17, 15) is 9.59 Å². The number of carbonyl (C=O) groups excluding carboxylic acids is 1. The van der Waals surface area contributed by atoms with Crippen LogP contribution in [0.25, 0.3) is 17.4 Å². The Bertz CT molecular complexity index is 1850. The fourth-order valence-electron chi connectivity index (χ4n) is 4.80. The van der Waals surface area contributed by atoms with E-state index in [0.717, 1.165) is 11.1 Å². The number of hydrogen-bond donors (Lipinski definition) is 0. The second-order valence-electron chi connectivity index (χ2n) is 9.31. The Morgan fingerprint density at radius 2 is 1.90 bits per heavy atom. The van der Waals surface area contributed by atoms with Crippen LogP contribution >= 0.6 is 22.9 Å². The van der Waals surface area contributed by atoms with E-state index in [0.29, 0.717) is 55.2 Å². The first kappa shape index (κ1) is 28.4. The maximum Gasteiger partial charge on any atom is 0.338 e. The molecule has 1 aliphatic rings. The zero-order valence-corrected chi connectivity index (χ0v) is 24.9. The van der Waals surface area contributed by atoms with Crippen molar-refractivity contribution in [3.05, 3.63) is 101 Å². The zero-order valence-electron chi connectivity index (χ0n) is 23.3. The number of aryl methyl sites for hydroxylation is 1. The molecule has 0 radical (unpaired) electrons. The number of esters is 1. The van der Waals surface area contributed by atoms with E-state index < -0.39 is 12.0 Å². The monoisotopic (exact) mass is 592 g/mol. The van der Waals surface area contributed by atoms with Crippen LogP contribution in [0.1, 0.15) is 43.7 Å². The summed E-state index contributed by atoms with van der Waals surface area (Å²) in [6, 6.07) is 13.8. The lowest BCUT2D eigenvalue weighted by Crippen LogP contribution is -2.39. The number of methoxy groups -OCH3 is 1. The minimum atomic E-state index is -0.779. The number of thiazole rings is 1. The lowest BCUT2D eigenvalue weighted by molar-refractivity contribution is -0.139. The van der Waals surface area contributed by atoms with Crippen LogP contribution in [0.3, 0.4) is 0 Å². The van der Waals surface area contributed by atoms with E-state index >= 15 is 0 Å². The summed E-state index contributed by atoms with van der Waals surface area (Å²) in [7, 11) is 1.56. The Hall–Kier alpha value is -4.08. The Balaban J connectivity index is 1.66. The van der Waals surface area contributed by atoms with Gasteiger partial charge < -0.3 is 18.6 Å². The molecule has 0 unspecified atom stereocenters. The highest BCUT2D eigenvalue weighted by molar-refractivity contribution is 7.07. The highest BCUT2D eigenvalue weighted by atomic mass is 35.5. The van der Waals surface area contributed by atoms with Crippen molar-refractivity contribution in [2.75, 3.05) is 20.3 Å². The topological polar surface area (TPSA) is 92.3 Å². The maximum atomic E-state index is 13.9. The summed E-state index contributed by atoms with van der Waals surface area (Å²) in [4.78, 5) is 32.2. The Morgan fingerprint density at radius 1 is 1.10 bits per heavy atom. The molecule has 41 heavy (non-hydrogen) atoms. The SMILES string of the molecule is CCOC(=O)C1=C(C)N=c2s/c(=C\c3ccc(-c4cc(Cl)ccc4C)o3)c(=O)n2[C@H]1c1ccc(OC)c(OCC)c1. The van der Waals surface area contributed by atoms with E-state index in [1.165, 1.54) is 15.9 Å². The Morgan fingerprint density at radius 3 is 2.63 bits per heavy atom. The van der Waals surface area contributed by atoms with E-state index in [-0.39, 0.29) is 17.7 Å².